The molecular weight excluding hydrogens is 258 g/mol. The Morgan fingerprint density at radius 2 is 1.33 bits per heavy atom. The molecule has 0 fully saturated rings. The molecule has 6 heteroatoms. The summed E-state index contributed by atoms with van der Waals surface area (Å²) in [6, 6.07) is 0. The smallest absolute Gasteiger partial charge is 0.784 e. The molecule has 0 atom stereocenters. The number of rotatable bonds is 0. The molecule has 0 aliphatic rings. The summed E-state index contributed by atoms with van der Waals surface area (Å²) in [7, 11) is 0. The average Bonchev–Trinajstić information content (AvgIpc) is 0.811. The van der Waals surface area contributed by atoms with Gasteiger partial charge < -0.3 is 9.11 Å². The van der Waals surface area contributed by atoms with Crippen molar-refractivity contribution in [1.82, 2.24) is 0 Å². The van der Waals surface area contributed by atoms with E-state index in [2.05, 4.69) is 0 Å². The second-order valence-electron chi connectivity index (χ2n) is 0.204. The summed E-state index contributed by atoms with van der Waals surface area (Å²) in [5.41, 5.74) is 0. The van der Waals surface area contributed by atoms with Crippen molar-refractivity contribution in [2.24, 2.45) is 0 Å². The van der Waals surface area contributed by atoms with Crippen molar-refractivity contribution >= 4 is 11.4 Å². The first-order valence-corrected chi connectivity index (χ1v) is 1.50. The summed E-state index contributed by atoms with van der Waals surface area (Å²) in [6.45, 7) is 0. The second-order valence-corrected chi connectivity index (χ2v) is 0.612. The van der Waals surface area contributed by atoms with Gasteiger partial charge in [-0.1, -0.05) is 0 Å². The molecule has 0 heterocycles. The van der Waals surface area contributed by atoms with Gasteiger partial charge in [-0.3, -0.25) is 4.21 Å². The van der Waals surface area contributed by atoms with E-state index in [4.69, 9.17) is 13.3 Å². The van der Waals surface area contributed by atoms with Gasteiger partial charge in [0.2, 0.25) is 0 Å². The Morgan fingerprint density at radius 1 is 1.33 bits per heavy atom. The van der Waals surface area contributed by atoms with Gasteiger partial charge in [0.05, 0.1) is 0 Å². The SMILES string of the molecule is O=S([O-])[O-].[Cd].[Zn+2]. The van der Waals surface area contributed by atoms with Crippen molar-refractivity contribution in [1.29, 1.82) is 0 Å². The van der Waals surface area contributed by atoms with E-state index in [9.17, 15) is 0 Å². The molecule has 0 rings (SSSR count). The summed E-state index contributed by atoms with van der Waals surface area (Å²) < 4.78 is 25.3. The topological polar surface area (TPSA) is 63.2 Å². The standard InChI is InChI=1S/Cd.H2O3S.Zn/c;1-4(2)3;/h;(H2,1,2,3);/q;;+2/p-2. The largest absolute Gasteiger partial charge is 2.00 e. The monoisotopic (exact) mass is 258 g/mol. The second kappa shape index (κ2) is 9.79. The van der Waals surface area contributed by atoms with Crippen molar-refractivity contribution in [3.63, 3.8) is 0 Å². The fourth-order valence-electron chi connectivity index (χ4n) is 0. The molecule has 0 aliphatic heterocycles. The zero-order valence-corrected chi connectivity index (χ0v) is 10.9. The van der Waals surface area contributed by atoms with Crippen LogP contribution >= 0.6 is 0 Å². The molecule has 0 N–H and O–H groups in total. The van der Waals surface area contributed by atoms with E-state index in [-0.39, 0.29) is 46.8 Å². The molecule has 0 unspecified atom stereocenters. The fourth-order valence-corrected chi connectivity index (χ4v) is 0. The molecule has 6 heavy (non-hydrogen) atoms. The minimum absolute atomic E-state index is 0. The molecule has 0 aromatic carbocycles. The predicted molar refractivity (Wildman–Crippen MR) is 9.70 cm³/mol. The summed E-state index contributed by atoms with van der Waals surface area (Å²) in [5, 5.41) is 0. The first kappa shape index (κ1) is 15.6. The van der Waals surface area contributed by atoms with Crippen LogP contribution in [-0.4, -0.2) is 13.3 Å². The summed E-state index contributed by atoms with van der Waals surface area (Å²) in [4.78, 5) is 0. The molecule has 0 spiro atoms. The van der Waals surface area contributed by atoms with Crippen LogP contribution in [0, 0.1) is 0 Å². The van der Waals surface area contributed by atoms with Gasteiger partial charge in [0.1, 0.15) is 0 Å². The molecule has 0 radical (unpaired) electrons. The molecule has 3 nitrogen and oxygen atoms in total. The van der Waals surface area contributed by atoms with Crippen LogP contribution in [-0.2, 0) is 58.1 Å². The third kappa shape index (κ3) is 45.8. The molecule has 0 bridgehead atoms. The van der Waals surface area contributed by atoms with Gasteiger partial charge >= 0.3 is 19.5 Å². The zero-order valence-electron chi connectivity index (χ0n) is 3.05. The van der Waals surface area contributed by atoms with E-state index in [1.54, 1.807) is 0 Å². The van der Waals surface area contributed by atoms with E-state index in [0.29, 0.717) is 0 Å². The van der Waals surface area contributed by atoms with Crippen molar-refractivity contribution in [3.05, 3.63) is 0 Å². The van der Waals surface area contributed by atoms with Crippen LogP contribution in [0.5, 0.6) is 0 Å². The molecule has 0 aromatic rings. The van der Waals surface area contributed by atoms with Crippen LogP contribution in [0.4, 0.5) is 0 Å². The van der Waals surface area contributed by atoms with E-state index in [1.165, 1.54) is 0 Å². The maximum absolute atomic E-state index is 8.44. The van der Waals surface area contributed by atoms with Crippen LogP contribution in [0.3, 0.4) is 0 Å². The Balaban J connectivity index is -0.0000000450. The van der Waals surface area contributed by atoms with Crippen LogP contribution in [0.1, 0.15) is 0 Å². The zero-order chi connectivity index (χ0) is 3.58. The summed E-state index contributed by atoms with van der Waals surface area (Å²) >= 11 is -3.11. The Morgan fingerprint density at radius 3 is 1.33 bits per heavy atom. The van der Waals surface area contributed by atoms with Gasteiger partial charge in [-0.15, -0.1) is 11.4 Å². The number of hydrogen-bond donors (Lipinski definition) is 0. The molecule has 0 aromatic heterocycles. The van der Waals surface area contributed by atoms with Gasteiger partial charge in [0, 0.05) is 27.3 Å². The predicted octanol–water partition coefficient (Wildman–Crippen LogP) is -1.01. The Kier molecular flexibility index (Phi) is 25.5. The van der Waals surface area contributed by atoms with Gasteiger partial charge in [-0.2, -0.15) is 0 Å². The third-order valence-electron chi connectivity index (χ3n) is 0. The van der Waals surface area contributed by atoms with Gasteiger partial charge in [-0.25, -0.2) is 0 Å². The summed E-state index contributed by atoms with van der Waals surface area (Å²) in [5.74, 6) is 0. The molecule has 0 amide bonds. The maximum Gasteiger partial charge on any atom is 2.00 e. The van der Waals surface area contributed by atoms with E-state index < -0.39 is 11.4 Å². The van der Waals surface area contributed by atoms with Crippen LogP contribution in [0.15, 0.2) is 0 Å². The molecule has 28 valence electrons. The fraction of sp³-hybridized carbons (Fsp3) is 0. The number of hydrogen-bond acceptors (Lipinski definition) is 3. The molecule has 0 aliphatic carbocycles. The van der Waals surface area contributed by atoms with E-state index in [1.807, 2.05) is 0 Å². The van der Waals surface area contributed by atoms with E-state index in [0.717, 1.165) is 0 Å². The molecule has 0 saturated carbocycles. The van der Waals surface area contributed by atoms with Gasteiger partial charge in [-0.05, 0) is 0 Å². The minimum Gasteiger partial charge on any atom is -0.784 e. The van der Waals surface area contributed by atoms with Crippen molar-refractivity contribution < 1.29 is 60.1 Å². The Bertz CT molecular complexity index is 33.8. The third-order valence-corrected chi connectivity index (χ3v) is 0. The normalized spacial score (nSPS) is 5.83. The van der Waals surface area contributed by atoms with Crippen molar-refractivity contribution in [3.8, 4) is 0 Å². The first-order valence-electron chi connectivity index (χ1n) is 0.500. The van der Waals surface area contributed by atoms with Crippen LogP contribution in [0.2, 0.25) is 0 Å². The van der Waals surface area contributed by atoms with Gasteiger partial charge in [0.25, 0.3) is 0 Å². The molecular formula is CdO3SZn. The van der Waals surface area contributed by atoms with Crippen LogP contribution < -0.4 is 0 Å². The van der Waals surface area contributed by atoms with Crippen LogP contribution in [0.25, 0.3) is 0 Å². The Hall–Kier alpha value is 1.62. The van der Waals surface area contributed by atoms with Gasteiger partial charge in [0.15, 0.2) is 0 Å². The average molecular weight is 258 g/mol. The van der Waals surface area contributed by atoms with E-state index >= 15 is 0 Å². The molecule has 0 saturated heterocycles. The summed E-state index contributed by atoms with van der Waals surface area (Å²) in [6.07, 6.45) is 0. The van der Waals surface area contributed by atoms with Crippen molar-refractivity contribution in [2.45, 2.75) is 0 Å². The van der Waals surface area contributed by atoms with Crippen molar-refractivity contribution in [2.75, 3.05) is 0 Å². The first-order chi connectivity index (χ1) is 1.73. The minimum atomic E-state index is -3.11. The Labute approximate surface area is 70.9 Å². The quantitative estimate of drug-likeness (QED) is 0.413. The maximum atomic E-state index is 8.44.